The van der Waals surface area contributed by atoms with Crippen LogP contribution in [0.4, 0.5) is 15.0 Å². The number of anilines is 1. The molecule has 2 amide bonds. The van der Waals surface area contributed by atoms with Crippen molar-refractivity contribution in [3.8, 4) is 11.4 Å². The van der Waals surface area contributed by atoms with E-state index in [0.717, 1.165) is 48.1 Å². The molecule has 0 bridgehead atoms. The van der Waals surface area contributed by atoms with E-state index in [-0.39, 0.29) is 23.3 Å². The van der Waals surface area contributed by atoms with E-state index in [0.29, 0.717) is 32.0 Å². The van der Waals surface area contributed by atoms with E-state index in [9.17, 15) is 9.18 Å². The molecule has 1 saturated heterocycles. The highest BCUT2D eigenvalue weighted by molar-refractivity contribution is 6.24. The molecule has 2 atom stereocenters. The number of carbonyl (C=O) groups excluding carboxylic acids is 1. The van der Waals surface area contributed by atoms with E-state index in [1.54, 1.807) is 12.3 Å². The maximum atomic E-state index is 14.5. The number of aromatic nitrogens is 3. The van der Waals surface area contributed by atoms with Crippen LogP contribution in [-0.2, 0) is 0 Å². The number of nitrogens with one attached hydrogen (secondary N) is 3. The van der Waals surface area contributed by atoms with E-state index < -0.39 is 5.82 Å². The molecule has 2 aliphatic rings. The summed E-state index contributed by atoms with van der Waals surface area (Å²) in [7, 11) is 0. The minimum absolute atomic E-state index is 0.0468. The topological polar surface area (TPSA) is 98.3 Å². The van der Waals surface area contributed by atoms with Crippen LogP contribution in [0.2, 0.25) is 0 Å². The van der Waals surface area contributed by atoms with E-state index in [1.165, 1.54) is 0 Å². The Labute approximate surface area is 190 Å². The SMILES string of the molecule is C=CCCNC(=O)N1CCCC[C@@H]1CNc1nc(-c2c[nH]c3c2=CC(Cl)CN=3)ncc1F. The average molecular weight is 460 g/mol. The number of nitrogens with zero attached hydrogens (tertiary/aromatic N) is 4. The first-order valence-electron chi connectivity index (χ1n) is 10.9. The first kappa shape index (κ1) is 22.3. The number of hydrogen-bond acceptors (Lipinski definition) is 5. The first-order chi connectivity index (χ1) is 15.6. The number of alkyl halides is 1. The molecule has 3 N–H and O–H groups in total. The number of likely N-dealkylation sites (tertiary alicyclic amines) is 1. The Morgan fingerprint density at radius 3 is 3.16 bits per heavy atom. The third-order valence-corrected chi connectivity index (χ3v) is 5.94. The van der Waals surface area contributed by atoms with Gasteiger partial charge in [-0.15, -0.1) is 18.2 Å². The van der Waals surface area contributed by atoms with Crippen molar-refractivity contribution >= 4 is 29.5 Å². The number of hydrogen-bond donors (Lipinski definition) is 3. The molecule has 4 heterocycles. The maximum Gasteiger partial charge on any atom is 0.317 e. The third-order valence-electron chi connectivity index (χ3n) is 5.67. The van der Waals surface area contributed by atoms with Gasteiger partial charge < -0.3 is 20.5 Å². The van der Waals surface area contributed by atoms with Crippen molar-refractivity contribution in [1.82, 2.24) is 25.2 Å². The number of piperidine rings is 1. The Kier molecular flexibility index (Phi) is 7.04. The molecular formula is C22H27ClFN7O. The zero-order valence-corrected chi connectivity index (χ0v) is 18.5. The van der Waals surface area contributed by atoms with E-state index in [4.69, 9.17) is 11.6 Å². The molecule has 1 fully saturated rings. The lowest BCUT2D eigenvalue weighted by molar-refractivity contribution is 0.155. The summed E-state index contributed by atoms with van der Waals surface area (Å²) in [4.78, 5) is 30.4. The predicted molar refractivity (Wildman–Crippen MR) is 123 cm³/mol. The molecule has 4 rings (SSSR count). The standard InChI is InChI=1S/C22H27ClFN7O/c1-2-3-7-25-22(32)31-8-5-4-6-15(31)11-27-21-18(24)13-29-20(30-21)17-12-28-19-16(17)9-14(23)10-26-19/h2,9,12-15H,1,3-8,10-11H2,(H,25,32)(H,26,28)(H,27,29,30)/t14?,15-/m1/s1. The Morgan fingerprint density at radius 2 is 2.31 bits per heavy atom. The first-order valence-corrected chi connectivity index (χ1v) is 11.3. The van der Waals surface area contributed by atoms with Gasteiger partial charge in [0, 0.05) is 36.6 Å². The Hall–Kier alpha value is -2.94. The van der Waals surface area contributed by atoms with Crippen molar-refractivity contribution in [3.63, 3.8) is 0 Å². The van der Waals surface area contributed by atoms with Crippen LogP contribution in [0.15, 0.2) is 30.0 Å². The summed E-state index contributed by atoms with van der Waals surface area (Å²) >= 11 is 6.21. The van der Waals surface area contributed by atoms with Gasteiger partial charge in [-0.05, 0) is 25.7 Å². The van der Waals surface area contributed by atoms with Gasteiger partial charge in [-0.1, -0.05) is 12.2 Å². The monoisotopic (exact) mass is 459 g/mol. The molecule has 170 valence electrons. The van der Waals surface area contributed by atoms with Crippen LogP contribution in [0.5, 0.6) is 0 Å². The molecule has 0 spiro atoms. The number of urea groups is 1. The zero-order chi connectivity index (χ0) is 22.5. The summed E-state index contributed by atoms with van der Waals surface area (Å²) in [6, 6.07) is -0.148. The molecule has 32 heavy (non-hydrogen) atoms. The lowest BCUT2D eigenvalue weighted by atomic mass is 10.0. The summed E-state index contributed by atoms with van der Waals surface area (Å²) in [5.41, 5.74) is 1.44. The highest BCUT2D eigenvalue weighted by atomic mass is 35.5. The summed E-state index contributed by atoms with van der Waals surface area (Å²) in [6.07, 6.45) is 10.1. The third kappa shape index (κ3) is 4.93. The fraction of sp³-hybridized carbons (Fsp3) is 0.455. The Balaban J connectivity index is 1.49. The fourth-order valence-corrected chi connectivity index (χ4v) is 4.21. The lowest BCUT2D eigenvalue weighted by Gasteiger charge is -2.36. The maximum absolute atomic E-state index is 14.5. The van der Waals surface area contributed by atoms with Crippen molar-refractivity contribution in [2.24, 2.45) is 4.99 Å². The Bertz CT molecular complexity index is 1100. The summed E-state index contributed by atoms with van der Waals surface area (Å²) in [6.45, 7) is 5.81. The van der Waals surface area contributed by atoms with Gasteiger partial charge in [0.2, 0.25) is 0 Å². The summed E-state index contributed by atoms with van der Waals surface area (Å²) in [5, 5.41) is 6.63. The second-order valence-electron chi connectivity index (χ2n) is 7.91. The molecule has 10 heteroatoms. The molecular weight excluding hydrogens is 433 g/mol. The normalized spacial score (nSPS) is 20.0. The molecule has 2 aliphatic heterocycles. The average Bonchev–Trinajstić information content (AvgIpc) is 3.22. The molecule has 0 aromatic carbocycles. The van der Waals surface area contributed by atoms with Gasteiger partial charge >= 0.3 is 6.03 Å². The van der Waals surface area contributed by atoms with Crippen LogP contribution in [0, 0.1) is 5.82 Å². The van der Waals surface area contributed by atoms with Crippen molar-refractivity contribution in [2.45, 2.75) is 37.1 Å². The number of carbonyl (C=O) groups is 1. The van der Waals surface area contributed by atoms with Crippen LogP contribution in [0.25, 0.3) is 17.5 Å². The molecule has 8 nitrogen and oxygen atoms in total. The van der Waals surface area contributed by atoms with Gasteiger partial charge in [0.25, 0.3) is 0 Å². The van der Waals surface area contributed by atoms with Gasteiger partial charge in [-0.2, -0.15) is 0 Å². The minimum Gasteiger partial charge on any atom is -0.365 e. The highest BCUT2D eigenvalue weighted by Gasteiger charge is 2.27. The summed E-state index contributed by atoms with van der Waals surface area (Å²) in [5.74, 6) is -0.0520. The smallest absolute Gasteiger partial charge is 0.317 e. The van der Waals surface area contributed by atoms with Crippen LogP contribution < -0.4 is 21.3 Å². The van der Waals surface area contributed by atoms with Gasteiger partial charge in [0.15, 0.2) is 17.5 Å². The number of aromatic amines is 1. The van der Waals surface area contributed by atoms with Crippen molar-refractivity contribution in [3.05, 3.63) is 41.6 Å². The highest BCUT2D eigenvalue weighted by Crippen LogP contribution is 2.20. The quantitative estimate of drug-likeness (QED) is 0.336. The molecule has 1 unspecified atom stereocenters. The number of rotatable bonds is 7. The van der Waals surface area contributed by atoms with E-state index >= 15 is 0 Å². The van der Waals surface area contributed by atoms with Crippen LogP contribution in [0.1, 0.15) is 25.7 Å². The molecule has 0 saturated carbocycles. The number of fused-ring (bicyclic) bond motifs is 1. The van der Waals surface area contributed by atoms with Gasteiger partial charge in [-0.3, -0.25) is 4.99 Å². The van der Waals surface area contributed by atoms with E-state index in [1.807, 2.05) is 11.0 Å². The molecule has 2 aromatic heterocycles. The van der Waals surface area contributed by atoms with Crippen LogP contribution >= 0.6 is 11.6 Å². The van der Waals surface area contributed by atoms with Crippen LogP contribution in [-0.4, -0.2) is 63.5 Å². The number of amides is 2. The van der Waals surface area contributed by atoms with Crippen LogP contribution in [0.3, 0.4) is 0 Å². The second-order valence-corrected chi connectivity index (χ2v) is 8.47. The number of halogens is 2. The van der Waals surface area contributed by atoms with Gasteiger partial charge in [0.05, 0.1) is 24.2 Å². The Morgan fingerprint density at radius 1 is 1.44 bits per heavy atom. The summed E-state index contributed by atoms with van der Waals surface area (Å²) < 4.78 is 14.5. The van der Waals surface area contributed by atoms with Crippen molar-refractivity contribution < 1.29 is 9.18 Å². The minimum atomic E-state index is -0.542. The fourth-order valence-electron chi connectivity index (χ4n) is 4.02. The zero-order valence-electron chi connectivity index (χ0n) is 17.8. The predicted octanol–water partition coefficient (Wildman–Crippen LogP) is 2.18. The van der Waals surface area contributed by atoms with Crippen molar-refractivity contribution in [1.29, 1.82) is 0 Å². The van der Waals surface area contributed by atoms with Gasteiger partial charge in [-0.25, -0.2) is 19.2 Å². The largest absolute Gasteiger partial charge is 0.365 e. The molecule has 0 aliphatic carbocycles. The lowest BCUT2D eigenvalue weighted by Crippen LogP contribution is -2.51. The second kappa shape index (κ2) is 10.1. The number of H-pyrrole nitrogens is 1. The molecule has 2 aromatic rings. The van der Waals surface area contributed by atoms with E-state index in [2.05, 4.69) is 37.2 Å². The van der Waals surface area contributed by atoms with Crippen molar-refractivity contribution in [2.75, 3.05) is 31.5 Å². The molecule has 0 radical (unpaired) electrons. The van der Waals surface area contributed by atoms with Gasteiger partial charge in [0.1, 0.15) is 5.49 Å².